The number of carbonyl (C=O) groups excluding carboxylic acids is 1. The van der Waals surface area contributed by atoms with Crippen LogP contribution in [0, 0.1) is 5.92 Å². The third-order valence-electron chi connectivity index (χ3n) is 4.78. The van der Waals surface area contributed by atoms with Crippen molar-refractivity contribution in [3.8, 4) is 0 Å². The molecule has 0 atom stereocenters. The molecule has 2 aromatic rings. The van der Waals surface area contributed by atoms with Gasteiger partial charge in [0.1, 0.15) is 0 Å². The van der Waals surface area contributed by atoms with Crippen LogP contribution in [0.4, 0.5) is 5.69 Å². The molecule has 0 radical (unpaired) electrons. The fourth-order valence-electron chi connectivity index (χ4n) is 3.11. The van der Waals surface area contributed by atoms with Crippen LogP contribution in [0.1, 0.15) is 56.9 Å². The Bertz CT molecular complexity index is 725. The molecule has 1 aliphatic carbocycles. The maximum atomic E-state index is 12.1. The van der Waals surface area contributed by atoms with E-state index in [-0.39, 0.29) is 17.2 Å². The number of benzene rings is 1. The SMILES string of the molecule is CC(C)(C)c1[nH]ncc1CNCc1cccc(NC(=O)C2CCC2)c1. The van der Waals surface area contributed by atoms with E-state index < -0.39 is 0 Å². The number of hydrogen-bond acceptors (Lipinski definition) is 3. The van der Waals surface area contributed by atoms with E-state index in [1.54, 1.807) is 0 Å². The zero-order valence-corrected chi connectivity index (χ0v) is 15.4. The molecule has 0 aliphatic heterocycles. The van der Waals surface area contributed by atoms with Crippen molar-refractivity contribution < 1.29 is 4.79 Å². The van der Waals surface area contributed by atoms with Crippen LogP contribution in [0.2, 0.25) is 0 Å². The molecular formula is C20H28N4O. The van der Waals surface area contributed by atoms with Gasteiger partial charge in [0.2, 0.25) is 5.91 Å². The Balaban J connectivity index is 1.54. The van der Waals surface area contributed by atoms with Gasteiger partial charge in [-0.2, -0.15) is 5.10 Å². The first kappa shape index (κ1) is 17.7. The Hall–Kier alpha value is -2.14. The lowest BCUT2D eigenvalue weighted by atomic mass is 9.85. The zero-order valence-electron chi connectivity index (χ0n) is 15.4. The van der Waals surface area contributed by atoms with Crippen LogP contribution in [0.15, 0.2) is 30.5 Å². The van der Waals surface area contributed by atoms with Crippen molar-refractivity contribution in [2.24, 2.45) is 5.92 Å². The summed E-state index contributed by atoms with van der Waals surface area (Å²) in [6.07, 6.45) is 5.11. The Morgan fingerprint density at radius 2 is 2.08 bits per heavy atom. The van der Waals surface area contributed by atoms with E-state index in [1.807, 2.05) is 24.4 Å². The first-order chi connectivity index (χ1) is 11.9. The lowest BCUT2D eigenvalue weighted by Gasteiger charge is -2.24. The monoisotopic (exact) mass is 340 g/mol. The molecule has 134 valence electrons. The highest BCUT2D eigenvalue weighted by atomic mass is 16.1. The Morgan fingerprint density at radius 1 is 1.28 bits per heavy atom. The van der Waals surface area contributed by atoms with Crippen LogP contribution < -0.4 is 10.6 Å². The highest BCUT2D eigenvalue weighted by Gasteiger charge is 2.25. The largest absolute Gasteiger partial charge is 0.326 e. The average molecular weight is 340 g/mol. The van der Waals surface area contributed by atoms with Crippen LogP contribution in [-0.2, 0) is 23.3 Å². The third-order valence-corrected chi connectivity index (χ3v) is 4.78. The number of anilines is 1. The summed E-state index contributed by atoms with van der Waals surface area (Å²) in [5, 5.41) is 13.8. The predicted octanol–water partition coefficient (Wildman–Crippen LogP) is 3.74. The lowest BCUT2D eigenvalue weighted by molar-refractivity contribution is -0.122. The normalized spacial score (nSPS) is 15.0. The van der Waals surface area contributed by atoms with Gasteiger partial charge < -0.3 is 10.6 Å². The summed E-state index contributed by atoms with van der Waals surface area (Å²) in [7, 11) is 0. The molecule has 3 N–H and O–H groups in total. The van der Waals surface area contributed by atoms with Crippen molar-refractivity contribution in [1.82, 2.24) is 15.5 Å². The molecule has 1 fully saturated rings. The third kappa shape index (κ3) is 4.48. The topological polar surface area (TPSA) is 69.8 Å². The van der Waals surface area contributed by atoms with Crippen molar-refractivity contribution in [2.45, 2.75) is 58.5 Å². The van der Waals surface area contributed by atoms with Crippen molar-refractivity contribution in [1.29, 1.82) is 0 Å². The molecule has 0 bridgehead atoms. The zero-order chi connectivity index (χ0) is 17.9. The average Bonchev–Trinajstić information content (AvgIpc) is 2.94. The number of nitrogens with zero attached hydrogens (tertiary/aromatic N) is 1. The van der Waals surface area contributed by atoms with Gasteiger partial charge in [0.15, 0.2) is 0 Å². The molecule has 3 rings (SSSR count). The summed E-state index contributed by atoms with van der Waals surface area (Å²) in [6, 6.07) is 8.06. The van der Waals surface area contributed by atoms with Gasteiger partial charge in [-0.25, -0.2) is 0 Å². The Kier molecular flexibility index (Phi) is 5.23. The number of hydrogen-bond donors (Lipinski definition) is 3. The Labute approximate surface area is 149 Å². The quantitative estimate of drug-likeness (QED) is 0.750. The minimum atomic E-state index is 0.0548. The highest BCUT2D eigenvalue weighted by molar-refractivity contribution is 5.93. The van der Waals surface area contributed by atoms with Gasteiger partial charge in [-0.3, -0.25) is 9.89 Å². The van der Waals surface area contributed by atoms with E-state index in [4.69, 9.17) is 0 Å². The standard InChI is InChI=1S/C20H28N4O/c1-20(2,3)18-16(13-22-24-18)12-21-11-14-6-4-9-17(10-14)23-19(25)15-7-5-8-15/h4,6,9-10,13,15,21H,5,7-8,11-12H2,1-3H3,(H,22,24)(H,23,25). The molecule has 25 heavy (non-hydrogen) atoms. The first-order valence-corrected chi connectivity index (χ1v) is 9.07. The van der Waals surface area contributed by atoms with E-state index in [2.05, 4.69) is 47.7 Å². The van der Waals surface area contributed by atoms with Crippen molar-refractivity contribution >= 4 is 11.6 Å². The molecule has 0 spiro atoms. The molecule has 5 heteroatoms. The summed E-state index contributed by atoms with van der Waals surface area (Å²) < 4.78 is 0. The Morgan fingerprint density at radius 3 is 2.76 bits per heavy atom. The number of nitrogens with one attached hydrogen (secondary N) is 3. The van der Waals surface area contributed by atoms with Gasteiger partial charge in [0, 0.05) is 41.4 Å². The van der Waals surface area contributed by atoms with Gasteiger partial charge in [0.25, 0.3) is 0 Å². The fourth-order valence-corrected chi connectivity index (χ4v) is 3.11. The van der Waals surface area contributed by atoms with Crippen LogP contribution >= 0.6 is 0 Å². The molecule has 1 heterocycles. The molecule has 1 aromatic carbocycles. The minimum Gasteiger partial charge on any atom is -0.326 e. The molecule has 0 unspecified atom stereocenters. The van der Waals surface area contributed by atoms with E-state index in [1.165, 1.54) is 17.7 Å². The lowest BCUT2D eigenvalue weighted by Crippen LogP contribution is -2.28. The maximum Gasteiger partial charge on any atom is 0.227 e. The van der Waals surface area contributed by atoms with Crippen LogP contribution in [0.3, 0.4) is 0 Å². The van der Waals surface area contributed by atoms with Crippen LogP contribution in [0.5, 0.6) is 0 Å². The summed E-state index contributed by atoms with van der Waals surface area (Å²) >= 11 is 0. The van der Waals surface area contributed by atoms with Gasteiger partial charge in [-0.15, -0.1) is 0 Å². The summed E-state index contributed by atoms with van der Waals surface area (Å²) in [5.74, 6) is 0.364. The second-order valence-electron chi connectivity index (χ2n) is 7.94. The van der Waals surface area contributed by atoms with E-state index in [0.29, 0.717) is 0 Å². The van der Waals surface area contributed by atoms with E-state index >= 15 is 0 Å². The van der Waals surface area contributed by atoms with Gasteiger partial charge in [-0.1, -0.05) is 39.3 Å². The molecule has 0 saturated heterocycles. The number of amides is 1. The van der Waals surface area contributed by atoms with Gasteiger partial charge in [0.05, 0.1) is 6.20 Å². The summed E-state index contributed by atoms with van der Waals surface area (Å²) in [5.41, 5.74) is 4.46. The first-order valence-electron chi connectivity index (χ1n) is 9.07. The van der Waals surface area contributed by atoms with E-state index in [0.717, 1.165) is 37.2 Å². The predicted molar refractivity (Wildman–Crippen MR) is 100 cm³/mol. The number of aromatic nitrogens is 2. The van der Waals surface area contributed by atoms with Crippen molar-refractivity contribution in [2.75, 3.05) is 5.32 Å². The smallest absolute Gasteiger partial charge is 0.227 e. The number of carbonyl (C=O) groups is 1. The van der Waals surface area contributed by atoms with Gasteiger partial charge in [-0.05, 0) is 30.5 Å². The molecule has 1 amide bonds. The van der Waals surface area contributed by atoms with Crippen molar-refractivity contribution in [3.05, 3.63) is 47.3 Å². The number of rotatable bonds is 6. The van der Waals surface area contributed by atoms with Crippen molar-refractivity contribution in [3.63, 3.8) is 0 Å². The molecule has 1 aliphatic rings. The second-order valence-corrected chi connectivity index (χ2v) is 7.94. The van der Waals surface area contributed by atoms with Gasteiger partial charge >= 0.3 is 0 Å². The summed E-state index contributed by atoms with van der Waals surface area (Å²) in [6.45, 7) is 8.05. The molecule has 5 nitrogen and oxygen atoms in total. The number of H-pyrrole nitrogens is 1. The highest BCUT2D eigenvalue weighted by Crippen LogP contribution is 2.27. The maximum absolute atomic E-state index is 12.1. The molecule has 1 aromatic heterocycles. The van der Waals surface area contributed by atoms with Crippen LogP contribution in [-0.4, -0.2) is 16.1 Å². The van der Waals surface area contributed by atoms with E-state index in [9.17, 15) is 4.79 Å². The number of aromatic amines is 1. The summed E-state index contributed by atoms with van der Waals surface area (Å²) in [4.78, 5) is 12.1. The van der Waals surface area contributed by atoms with Crippen LogP contribution in [0.25, 0.3) is 0 Å². The molecular weight excluding hydrogens is 312 g/mol. The minimum absolute atomic E-state index is 0.0548. The second kappa shape index (κ2) is 7.40. The molecule has 1 saturated carbocycles. The fraction of sp³-hybridized carbons (Fsp3) is 0.500.